The molecule has 1 amide bonds. The van der Waals surface area contributed by atoms with Gasteiger partial charge in [-0.2, -0.15) is 0 Å². The Kier molecular flexibility index (Phi) is 5.86. The minimum atomic E-state index is 0.0699. The summed E-state index contributed by atoms with van der Waals surface area (Å²) in [6.07, 6.45) is 4.88. The molecule has 7 heteroatoms. The maximum absolute atomic E-state index is 13.0. The predicted molar refractivity (Wildman–Crippen MR) is 123 cm³/mol. The molecule has 3 heterocycles. The molecule has 3 aliphatic rings. The second-order valence-corrected chi connectivity index (χ2v) is 9.48. The minimum absolute atomic E-state index is 0.0699. The molecule has 32 heavy (non-hydrogen) atoms. The van der Waals surface area contributed by atoms with Crippen molar-refractivity contribution in [2.24, 2.45) is 7.05 Å². The van der Waals surface area contributed by atoms with Crippen molar-refractivity contribution in [2.75, 3.05) is 39.3 Å². The number of hydrogen-bond acceptors (Lipinski definition) is 5. The number of Topliss-reactive ketones (excluding diaryl/α,β-unsaturated/α-hetero) is 1. The lowest BCUT2D eigenvalue weighted by Gasteiger charge is -2.43. The summed E-state index contributed by atoms with van der Waals surface area (Å²) in [5.74, 6) is 1.25. The van der Waals surface area contributed by atoms with Gasteiger partial charge in [0.25, 0.3) is 0 Å². The monoisotopic (exact) mass is 435 g/mol. The van der Waals surface area contributed by atoms with Gasteiger partial charge in [0.05, 0.1) is 17.9 Å². The van der Waals surface area contributed by atoms with E-state index in [0.29, 0.717) is 12.1 Å². The largest absolute Gasteiger partial charge is 0.339 e. The van der Waals surface area contributed by atoms with Gasteiger partial charge >= 0.3 is 0 Å². The van der Waals surface area contributed by atoms with Gasteiger partial charge < -0.3 is 9.47 Å². The topological polar surface area (TPSA) is 61.7 Å². The van der Waals surface area contributed by atoms with Gasteiger partial charge in [-0.15, -0.1) is 0 Å². The summed E-state index contributed by atoms with van der Waals surface area (Å²) in [6.45, 7) is 7.44. The zero-order chi connectivity index (χ0) is 22.2. The van der Waals surface area contributed by atoms with Crippen LogP contribution >= 0.6 is 0 Å². The maximum atomic E-state index is 13.0. The van der Waals surface area contributed by atoms with Gasteiger partial charge in [0.1, 0.15) is 5.82 Å². The molecule has 0 N–H and O–H groups in total. The van der Waals surface area contributed by atoms with E-state index in [2.05, 4.69) is 19.3 Å². The first-order valence-electron chi connectivity index (χ1n) is 11.9. The molecule has 1 aliphatic carbocycles. The number of aromatic nitrogens is 2. The second kappa shape index (κ2) is 8.79. The smallest absolute Gasteiger partial charge is 0.236 e. The van der Waals surface area contributed by atoms with E-state index >= 15 is 0 Å². The number of imidazole rings is 1. The van der Waals surface area contributed by atoms with Crippen molar-refractivity contribution in [3.8, 4) is 11.4 Å². The van der Waals surface area contributed by atoms with Crippen LogP contribution in [0.2, 0.25) is 0 Å². The highest BCUT2D eigenvalue weighted by molar-refractivity contribution is 5.94. The van der Waals surface area contributed by atoms with E-state index in [1.165, 1.54) is 25.0 Å². The van der Waals surface area contributed by atoms with E-state index in [-0.39, 0.29) is 11.7 Å². The Balaban J connectivity index is 1.21. The van der Waals surface area contributed by atoms with Gasteiger partial charge in [-0.3, -0.25) is 19.4 Å². The highest BCUT2D eigenvalue weighted by Gasteiger charge is 2.31. The summed E-state index contributed by atoms with van der Waals surface area (Å²) in [4.78, 5) is 36.3. The van der Waals surface area contributed by atoms with Crippen molar-refractivity contribution < 1.29 is 9.59 Å². The molecule has 2 aromatic rings. The van der Waals surface area contributed by atoms with Crippen molar-refractivity contribution in [1.29, 1.82) is 0 Å². The predicted octanol–water partition coefficient (Wildman–Crippen LogP) is 2.34. The number of ketones is 1. The van der Waals surface area contributed by atoms with E-state index in [0.717, 1.165) is 68.8 Å². The third kappa shape index (κ3) is 4.11. The van der Waals surface area contributed by atoms with E-state index in [9.17, 15) is 9.59 Å². The molecule has 1 saturated carbocycles. The van der Waals surface area contributed by atoms with Crippen LogP contribution in [-0.4, -0.2) is 81.3 Å². The number of amides is 1. The van der Waals surface area contributed by atoms with Crippen LogP contribution in [0.1, 0.15) is 47.9 Å². The fourth-order valence-electron chi connectivity index (χ4n) is 5.17. The number of rotatable bonds is 5. The number of fused-ring (bicyclic) bond motifs is 1. The zero-order valence-corrected chi connectivity index (χ0v) is 19.2. The summed E-state index contributed by atoms with van der Waals surface area (Å²) < 4.78 is 2.14. The lowest BCUT2D eigenvalue weighted by molar-refractivity contribution is -0.135. The summed E-state index contributed by atoms with van der Waals surface area (Å²) in [7, 11) is 2.05. The zero-order valence-electron chi connectivity index (χ0n) is 19.2. The first kappa shape index (κ1) is 21.3. The van der Waals surface area contributed by atoms with Gasteiger partial charge in [-0.25, -0.2) is 4.98 Å². The number of nitrogens with zero attached hydrogens (tertiary/aromatic N) is 5. The fourth-order valence-corrected chi connectivity index (χ4v) is 5.17. The molecule has 0 spiro atoms. The second-order valence-electron chi connectivity index (χ2n) is 9.48. The van der Waals surface area contributed by atoms with Gasteiger partial charge in [0.2, 0.25) is 5.91 Å². The minimum Gasteiger partial charge on any atom is -0.339 e. The third-order valence-corrected chi connectivity index (χ3v) is 7.50. The van der Waals surface area contributed by atoms with Crippen LogP contribution in [-0.2, 0) is 24.8 Å². The molecule has 1 aromatic carbocycles. The Morgan fingerprint density at radius 1 is 1.03 bits per heavy atom. The lowest BCUT2D eigenvalue weighted by Crippen LogP contribution is -2.55. The maximum Gasteiger partial charge on any atom is 0.236 e. The molecule has 2 fully saturated rings. The molecule has 7 nitrogen and oxygen atoms in total. The van der Waals surface area contributed by atoms with Crippen molar-refractivity contribution >= 4 is 11.7 Å². The fraction of sp³-hybridized carbons (Fsp3) is 0.560. The van der Waals surface area contributed by atoms with Crippen LogP contribution in [0.3, 0.4) is 0 Å². The number of piperazine rings is 1. The van der Waals surface area contributed by atoms with Crippen molar-refractivity contribution in [3.05, 3.63) is 41.2 Å². The summed E-state index contributed by atoms with van der Waals surface area (Å²) in [5, 5.41) is 0. The van der Waals surface area contributed by atoms with Crippen LogP contribution in [0.4, 0.5) is 0 Å². The van der Waals surface area contributed by atoms with E-state index in [1.54, 1.807) is 6.92 Å². The quantitative estimate of drug-likeness (QED) is 0.675. The molecule has 2 aliphatic heterocycles. The van der Waals surface area contributed by atoms with Crippen molar-refractivity contribution in [1.82, 2.24) is 24.3 Å². The van der Waals surface area contributed by atoms with E-state index in [1.807, 2.05) is 31.3 Å². The molecular weight excluding hydrogens is 402 g/mol. The molecule has 170 valence electrons. The number of hydrogen-bond donors (Lipinski definition) is 0. The van der Waals surface area contributed by atoms with Crippen LogP contribution in [0.5, 0.6) is 0 Å². The van der Waals surface area contributed by atoms with Crippen LogP contribution < -0.4 is 0 Å². The Hall–Kier alpha value is -2.51. The number of carbonyl (C=O) groups excluding carboxylic acids is 2. The molecule has 0 radical (unpaired) electrons. The van der Waals surface area contributed by atoms with Gasteiger partial charge in [-0.05, 0) is 19.8 Å². The lowest BCUT2D eigenvalue weighted by atomic mass is 9.91. The standard InChI is InChI=1S/C25H33N5O2/c1-18(31)19-6-8-20(9-7-19)25-26-22-10-11-28(16-23(22)27(25)2)17-24(32)30-14-12-29(13-15-30)21-4-3-5-21/h6-9,21H,3-5,10-17H2,1-2H3. The Morgan fingerprint density at radius 2 is 1.75 bits per heavy atom. The highest BCUT2D eigenvalue weighted by atomic mass is 16.2. The van der Waals surface area contributed by atoms with Crippen LogP contribution in [0, 0.1) is 0 Å². The molecule has 1 saturated heterocycles. The summed E-state index contributed by atoms with van der Waals surface area (Å²) >= 11 is 0. The van der Waals surface area contributed by atoms with Crippen LogP contribution in [0.15, 0.2) is 24.3 Å². The van der Waals surface area contributed by atoms with E-state index in [4.69, 9.17) is 4.98 Å². The average molecular weight is 436 g/mol. The Bertz CT molecular complexity index is 1000. The number of carbonyl (C=O) groups is 2. The normalized spacial score (nSPS) is 20.1. The van der Waals surface area contributed by atoms with Gasteiger partial charge in [0, 0.05) is 69.9 Å². The Labute approximate surface area is 190 Å². The van der Waals surface area contributed by atoms with E-state index < -0.39 is 0 Å². The van der Waals surface area contributed by atoms with Crippen molar-refractivity contribution in [2.45, 2.75) is 45.2 Å². The Morgan fingerprint density at radius 3 is 2.38 bits per heavy atom. The van der Waals surface area contributed by atoms with Crippen molar-refractivity contribution in [3.63, 3.8) is 0 Å². The molecule has 0 bridgehead atoms. The summed E-state index contributed by atoms with van der Waals surface area (Å²) in [5.41, 5.74) is 4.03. The third-order valence-electron chi connectivity index (χ3n) is 7.50. The summed E-state index contributed by atoms with van der Waals surface area (Å²) in [6, 6.07) is 8.43. The SMILES string of the molecule is CC(=O)c1ccc(-c2nc3c(n2C)CN(CC(=O)N2CCN(C4CCC4)CC2)CC3)cc1. The van der Waals surface area contributed by atoms with Gasteiger partial charge in [-0.1, -0.05) is 30.7 Å². The van der Waals surface area contributed by atoms with Crippen LogP contribution in [0.25, 0.3) is 11.4 Å². The average Bonchev–Trinajstić information content (AvgIpc) is 3.09. The van der Waals surface area contributed by atoms with Gasteiger partial charge in [0.15, 0.2) is 5.78 Å². The number of benzene rings is 1. The first-order chi connectivity index (χ1) is 15.5. The first-order valence-corrected chi connectivity index (χ1v) is 11.9. The molecule has 5 rings (SSSR count). The molecule has 1 aromatic heterocycles. The highest BCUT2D eigenvalue weighted by Crippen LogP contribution is 2.27. The molecular formula is C25H33N5O2. The molecule has 0 atom stereocenters. The molecule has 0 unspecified atom stereocenters.